The minimum Gasteiger partial charge on any atom is -0.340 e. The molecule has 1 fully saturated rings. The molecule has 0 atom stereocenters. The molecule has 2 nitrogen and oxygen atoms in total. The van der Waals surface area contributed by atoms with Crippen LogP contribution in [0.1, 0.15) is 17.0 Å². The summed E-state index contributed by atoms with van der Waals surface area (Å²) < 4.78 is 0. The maximum Gasteiger partial charge on any atom is 0.237 e. The van der Waals surface area contributed by atoms with Gasteiger partial charge in [-0.15, -0.1) is 11.6 Å². The number of alkyl halides is 1. The normalized spacial score (nSPS) is 16.3. The van der Waals surface area contributed by atoms with E-state index in [9.17, 15) is 4.79 Å². The third-order valence-electron chi connectivity index (χ3n) is 2.90. The Labute approximate surface area is 94.8 Å². The first-order valence-electron chi connectivity index (χ1n) is 5.11. The molecule has 3 heteroatoms. The van der Waals surface area contributed by atoms with Gasteiger partial charge in [-0.25, -0.2) is 0 Å². The molecule has 0 N–H and O–H groups in total. The molecule has 1 amide bonds. The molecule has 1 aliphatic rings. The van der Waals surface area contributed by atoms with E-state index in [-0.39, 0.29) is 11.8 Å². The fraction of sp³-hybridized carbons (Fsp3) is 0.417. The van der Waals surface area contributed by atoms with Crippen molar-refractivity contribution in [1.29, 1.82) is 0 Å². The van der Waals surface area contributed by atoms with Gasteiger partial charge in [0.1, 0.15) is 5.88 Å². The molecular weight excluding hydrogens is 210 g/mol. The predicted molar refractivity (Wildman–Crippen MR) is 61.2 cm³/mol. The van der Waals surface area contributed by atoms with Gasteiger partial charge in [0.15, 0.2) is 0 Å². The molecule has 0 unspecified atom stereocenters. The zero-order valence-corrected chi connectivity index (χ0v) is 9.50. The number of rotatable bonds is 2. The van der Waals surface area contributed by atoms with Gasteiger partial charge in [-0.2, -0.15) is 0 Å². The Morgan fingerprint density at radius 1 is 1.40 bits per heavy atom. The number of hydrogen-bond donors (Lipinski definition) is 0. The highest BCUT2D eigenvalue weighted by molar-refractivity contribution is 6.27. The van der Waals surface area contributed by atoms with Crippen LogP contribution in [0.25, 0.3) is 0 Å². The van der Waals surface area contributed by atoms with Gasteiger partial charge < -0.3 is 4.90 Å². The van der Waals surface area contributed by atoms with Gasteiger partial charge in [0, 0.05) is 19.0 Å². The minimum absolute atomic E-state index is 0.0417. The summed E-state index contributed by atoms with van der Waals surface area (Å²) in [5.41, 5.74) is 2.59. The van der Waals surface area contributed by atoms with Crippen molar-refractivity contribution >= 4 is 17.5 Å². The molecule has 0 aliphatic carbocycles. The highest BCUT2D eigenvalue weighted by Gasteiger charge is 2.30. The summed E-state index contributed by atoms with van der Waals surface area (Å²) in [5.74, 6) is 0.637. The van der Waals surface area contributed by atoms with Gasteiger partial charge in [0.2, 0.25) is 5.91 Å². The number of benzene rings is 1. The molecule has 1 saturated heterocycles. The predicted octanol–water partition coefficient (Wildman–Crippen LogP) is 2.16. The average Bonchev–Trinajstić information content (AvgIpc) is 2.18. The summed E-state index contributed by atoms with van der Waals surface area (Å²) in [6.45, 7) is 3.71. The third kappa shape index (κ3) is 2.15. The lowest BCUT2D eigenvalue weighted by Gasteiger charge is -2.39. The number of nitrogens with zero attached hydrogens (tertiary/aromatic N) is 1. The molecule has 1 heterocycles. The number of amides is 1. The standard InChI is InChI=1S/C12H14ClNO/c1-9-2-4-10(5-3-9)11-7-14(8-11)12(15)6-13/h2-5,11H,6-8H2,1H3. The van der Waals surface area contributed by atoms with Gasteiger partial charge >= 0.3 is 0 Å². The van der Waals surface area contributed by atoms with Crippen molar-refractivity contribution in [3.8, 4) is 0 Å². The second kappa shape index (κ2) is 4.23. The molecular formula is C12H14ClNO. The van der Waals surface area contributed by atoms with E-state index < -0.39 is 0 Å². The Morgan fingerprint density at radius 2 is 2.00 bits per heavy atom. The van der Waals surface area contributed by atoms with E-state index in [0.29, 0.717) is 5.92 Å². The molecule has 2 rings (SSSR count). The molecule has 0 spiro atoms. The number of hydrogen-bond acceptors (Lipinski definition) is 1. The van der Waals surface area contributed by atoms with E-state index in [1.807, 2.05) is 0 Å². The second-order valence-electron chi connectivity index (χ2n) is 4.04. The Hall–Kier alpha value is -1.02. The van der Waals surface area contributed by atoms with Crippen molar-refractivity contribution in [2.45, 2.75) is 12.8 Å². The first-order chi connectivity index (χ1) is 7.20. The van der Waals surface area contributed by atoms with E-state index in [2.05, 4.69) is 31.2 Å². The maximum atomic E-state index is 11.2. The minimum atomic E-state index is 0.0417. The SMILES string of the molecule is Cc1ccc(C2CN(C(=O)CCl)C2)cc1. The monoisotopic (exact) mass is 223 g/mol. The molecule has 80 valence electrons. The van der Waals surface area contributed by atoms with Crippen LogP contribution in [-0.4, -0.2) is 29.8 Å². The van der Waals surface area contributed by atoms with E-state index in [0.717, 1.165) is 13.1 Å². The lowest BCUT2D eigenvalue weighted by atomic mass is 9.91. The van der Waals surface area contributed by atoms with Crippen LogP contribution in [0.5, 0.6) is 0 Å². The number of likely N-dealkylation sites (tertiary alicyclic amines) is 1. The van der Waals surface area contributed by atoms with Crippen molar-refractivity contribution in [2.75, 3.05) is 19.0 Å². The molecule has 0 bridgehead atoms. The van der Waals surface area contributed by atoms with Crippen LogP contribution in [0, 0.1) is 6.92 Å². The Balaban J connectivity index is 1.94. The topological polar surface area (TPSA) is 20.3 Å². The summed E-state index contributed by atoms with van der Waals surface area (Å²) in [5, 5.41) is 0. The first kappa shape index (κ1) is 10.5. The van der Waals surface area contributed by atoms with Crippen molar-refractivity contribution in [1.82, 2.24) is 4.90 Å². The molecule has 0 aromatic heterocycles. The summed E-state index contributed by atoms with van der Waals surface area (Å²) in [7, 11) is 0. The Morgan fingerprint density at radius 3 is 2.53 bits per heavy atom. The fourth-order valence-corrected chi connectivity index (χ4v) is 1.99. The summed E-state index contributed by atoms with van der Waals surface area (Å²) in [4.78, 5) is 13.0. The zero-order valence-electron chi connectivity index (χ0n) is 8.74. The second-order valence-corrected chi connectivity index (χ2v) is 4.31. The van der Waals surface area contributed by atoms with Crippen LogP contribution < -0.4 is 0 Å². The van der Waals surface area contributed by atoms with Gasteiger partial charge in [0.05, 0.1) is 0 Å². The molecule has 0 saturated carbocycles. The number of halogens is 1. The van der Waals surface area contributed by atoms with Crippen LogP contribution in [0.15, 0.2) is 24.3 Å². The van der Waals surface area contributed by atoms with Gasteiger partial charge in [0.25, 0.3) is 0 Å². The molecule has 1 aromatic rings. The number of carbonyl (C=O) groups excluding carboxylic acids is 1. The largest absolute Gasteiger partial charge is 0.340 e. The van der Waals surface area contributed by atoms with Crippen LogP contribution >= 0.6 is 11.6 Å². The van der Waals surface area contributed by atoms with E-state index in [1.54, 1.807) is 4.90 Å². The lowest BCUT2D eigenvalue weighted by Crippen LogP contribution is -2.48. The smallest absolute Gasteiger partial charge is 0.237 e. The Kier molecular flexibility index (Phi) is 2.96. The van der Waals surface area contributed by atoms with Crippen molar-refractivity contribution in [2.24, 2.45) is 0 Å². The van der Waals surface area contributed by atoms with Crippen molar-refractivity contribution in [3.63, 3.8) is 0 Å². The average molecular weight is 224 g/mol. The molecule has 1 aromatic carbocycles. The van der Waals surface area contributed by atoms with E-state index >= 15 is 0 Å². The molecule has 1 aliphatic heterocycles. The summed E-state index contributed by atoms with van der Waals surface area (Å²) >= 11 is 5.48. The van der Waals surface area contributed by atoms with Gasteiger partial charge in [-0.1, -0.05) is 29.8 Å². The fourth-order valence-electron chi connectivity index (χ4n) is 1.82. The van der Waals surface area contributed by atoms with Crippen LogP contribution in [0.4, 0.5) is 0 Å². The lowest BCUT2D eigenvalue weighted by molar-refractivity contribution is -0.132. The maximum absolute atomic E-state index is 11.2. The Bertz CT molecular complexity index is 354. The van der Waals surface area contributed by atoms with E-state index in [1.165, 1.54) is 11.1 Å². The number of carbonyl (C=O) groups is 1. The van der Waals surface area contributed by atoms with Crippen LogP contribution in [0.2, 0.25) is 0 Å². The van der Waals surface area contributed by atoms with Crippen LogP contribution in [-0.2, 0) is 4.79 Å². The summed E-state index contributed by atoms with van der Waals surface area (Å²) in [6.07, 6.45) is 0. The highest BCUT2D eigenvalue weighted by atomic mass is 35.5. The third-order valence-corrected chi connectivity index (χ3v) is 3.13. The van der Waals surface area contributed by atoms with Crippen molar-refractivity contribution < 1.29 is 4.79 Å². The van der Waals surface area contributed by atoms with Crippen molar-refractivity contribution in [3.05, 3.63) is 35.4 Å². The molecule has 15 heavy (non-hydrogen) atoms. The zero-order chi connectivity index (χ0) is 10.8. The van der Waals surface area contributed by atoms with Gasteiger partial charge in [-0.3, -0.25) is 4.79 Å². The quantitative estimate of drug-likeness (QED) is 0.704. The first-order valence-corrected chi connectivity index (χ1v) is 5.64. The van der Waals surface area contributed by atoms with Gasteiger partial charge in [-0.05, 0) is 12.5 Å². The highest BCUT2D eigenvalue weighted by Crippen LogP contribution is 2.27. The number of aryl methyl sites for hydroxylation is 1. The van der Waals surface area contributed by atoms with E-state index in [4.69, 9.17) is 11.6 Å². The summed E-state index contributed by atoms with van der Waals surface area (Å²) in [6, 6.07) is 8.51. The molecule has 0 radical (unpaired) electrons. The van der Waals surface area contributed by atoms with Crippen LogP contribution in [0.3, 0.4) is 0 Å².